The molecule has 1 aromatic heterocycles. The molecule has 0 saturated carbocycles. The van der Waals surface area contributed by atoms with Crippen LogP contribution in [-0.4, -0.2) is 29.3 Å². The SMILES string of the molecule is Cc1cc(C(=O)NCC(O)c2cccc(OC(F)F)c2)no1. The molecule has 2 N–H and O–H groups in total. The second kappa shape index (κ2) is 6.99. The number of aryl methyl sites for hydroxylation is 1. The molecule has 6 nitrogen and oxygen atoms in total. The van der Waals surface area contributed by atoms with Gasteiger partial charge in [-0.1, -0.05) is 17.3 Å². The highest BCUT2D eigenvalue weighted by Crippen LogP contribution is 2.20. The smallest absolute Gasteiger partial charge is 0.387 e. The van der Waals surface area contributed by atoms with E-state index in [4.69, 9.17) is 4.52 Å². The van der Waals surface area contributed by atoms with Gasteiger partial charge in [-0.25, -0.2) is 0 Å². The van der Waals surface area contributed by atoms with Crippen molar-refractivity contribution in [1.29, 1.82) is 0 Å². The van der Waals surface area contributed by atoms with Crippen LogP contribution in [0.3, 0.4) is 0 Å². The fraction of sp³-hybridized carbons (Fsp3) is 0.286. The number of benzene rings is 1. The topological polar surface area (TPSA) is 84.6 Å². The number of carbonyl (C=O) groups excluding carboxylic acids is 1. The van der Waals surface area contributed by atoms with Gasteiger partial charge in [-0.3, -0.25) is 4.79 Å². The van der Waals surface area contributed by atoms with Crippen molar-refractivity contribution in [3.8, 4) is 5.75 Å². The van der Waals surface area contributed by atoms with Crippen LogP contribution >= 0.6 is 0 Å². The number of aromatic nitrogens is 1. The number of ether oxygens (including phenoxy) is 1. The Balaban J connectivity index is 1.94. The molecule has 1 amide bonds. The maximum atomic E-state index is 12.1. The molecule has 0 bridgehead atoms. The largest absolute Gasteiger partial charge is 0.435 e. The number of hydrogen-bond donors (Lipinski definition) is 2. The average Bonchev–Trinajstić information content (AvgIpc) is 2.90. The maximum Gasteiger partial charge on any atom is 0.387 e. The summed E-state index contributed by atoms with van der Waals surface area (Å²) < 4.78 is 33.3. The summed E-state index contributed by atoms with van der Waals surface area (Å²) in [4.78, 5) is 11.7. The van der Waals surface area contributed by atoms with Gasteiger partial charge in [0.1, 0.15) is 11.5 Å². The maximum absolute atomic E-state index is 12.1. The van der Waals surface area contributed by atoms with Gasteiger partial charge < -0.3 is 19.7 Å². The second-order valence-electron chi connectivity index (χ2n) is 4.50. The van der Waals surface area contributed by atoms with Crippen LogP contribution in [0, 0.1) is 6.92 Å². The van der Waals surface area contributed by atoms with E-state index in [-0.39, 0.29) is 18.0 Å². The molecular weight excluding hydrogens is 298 g/mol. The lowest BCUT2D eigenvalue weighted by atomic mass is 10.1. The predicted molar refractivity (Wildman–Crippen MR) is 71.6 cm³/mol. The molecule has 1 atom stereocenters. The summed E-state index contributed by atoms with van der Waals surface area (Å²) in [5.74, 6) is -0.0802. The Morgan fingerprint density at radius 2 is 2.23 bits per heavy atom. The number of aliphatic hydroxyl groups is 1. The first-order valence-electron chi connectivity index (χ1n) is 6.40. The fourth-order valence-electron chi connectivity index (χ4n) is 1.77. The number of nitrogens with zero attached hydrogens (tertiary/aromatic N) is 1. The molecule has 0 aliphatic heterocycles. The number of aliphatic hydroxyl groups excluding tert-OH is 1. The first-order valence-corrected chi connectivity index (χ1v) is 6.40. The molecule has 2 aromatic rings. The molecule has 0 spiro atoms. The van der Waals surface area contributed by atoms with Gasteiger partial charge in [0.05, 0.1) is 6.10 Å². The Bertz CT molecular complexity index is 645. The van der Waals surface area contributed by atoms with Crippen LogP contribution in [-0.2, 0) is 0 Å². The van der Waals surface area contributed by atoms with Crippen LogP contribution < -0.4 is 10.1 Å². The molecule has 1 aromatic carbocycles. The third-order valence-corrected chi connectivity index (χ3v) is 2.78. The zero-order chi connectivity index (χ0) is 16.1. The van der Waals surface area contributed by atoms with Crippen molar-refractivity contribution in [1.82, 2.24) is 10.5 Å². The molecule has 0 fully saturated rings. The van der Waals surface area contributed by atoms with Gasteiger partial charge in [0, 0.05) is 12.6 Å². The number of amides is 1. The van der Waals surface area contributed by atoms with Gasteiger partial charge in [-0.05, 0) is 24.6 Å². The standard InChI is InChI=1S/C14H14F2N2O4/c1-8-5-11(18-22-8)13(20)17-7-12(19)9-3-2-4-10(6-9)21-14(15)16/h2-6,12,14,19H,7H2,1H3,(H,17,20). The molecule has 0 saturated heterocycles. The minimum atomic E-state index is -2.94. The molecule has 1 unspecified atom stereocenters. The Kier molecular flexibility index (Phi) is 5.05. The first kappa shape index (κ1) is 15.9. The number of hydrogen-bond acceptors (Lipinski definition) is 5. The highest BCUT2D eigenvalue weighted by atomic mass is 19.3. The van der Waals surface area contributed by atoms with Crippen molar-refractivity contribution in [3.05, 3.63) is 47.3 Å². The predicted octanol–water partition coefficient (Wildman–Crippen LogP) is 2.05. The van der Waals surface area contributed by atoms with Gasteiger partial charge in [-0.2, -0.15) is 8.78 Å². The van der Waals surface area contributed by atoms with Crippen LogP contribution in [0.15, 0.2) is 34.9 Å². The van der Waals surface area contributed by atoms with E-state index in [9.17, 15) is 18.7 Å². The number of alkyl halides is 2. The van der Waals surface area contributed by atoms with E-state index in [2.05, 4.69) is 15.2 Å². The van der Waals surface area contributed by atoms with E-state index in [1.54, 1.807) is 6.92 Å². The molecule has 118 valence electrons. The Hall–Kier alpha value is -2.48. The van der Waals surface area contributed by atoms with E-state index in [0.29, 0.717) is 11.3 Å². The summed E-state index contributed by atoms with van der Waals surface area (Å²) in [6.45, 7) is -1.40. The number of halogens is 2. The van der Waals surface area contributed by atoms with Gasteiger partial charge in [-0.15, -0.1) is 0 Å². The summed E-state index contributed by atoms with van der Waals surface area (Å²) in [6.07, 6.45) is -1.07. The number of nitrogens with one attached hydrogen (secondary N) is 1. The fourth-order valence-corrected chi connectivity index (χ4v) is 1.77. The third kappa shape index (κ3) is 4.26. The minimum absolute atomic E-state index is 0.0648. The van der Waals surface area contributed by atoms with Crippen molar-refractivity contribution < 1.29 is 27.9 Å². The number of carbonyl (C=O) groups is 1. The lowest BCUT2D eigenvalue weighted by Crippen LogP contribution is -2.28. The van der Waals surface area contributed by atoms with Crippen molar-refractivity contribution in [2.24, 2.45) is 0 Å². The van der Waals surface area contributed by atoms with E-state index in [0.717, 1.165) is 0 Å². The summed E-state index contributed by atoms with van der Waals surface area (Å²) >= 11 is 0. The van der Waals surface area contributed by atoms with Gasteiger partial charge in [0.25, 0.3) is 5.91 Å². The van der Waals surface area contributed by atoms with E-state index < -0.39 is 18.6 Å². The second-order valence-corrected chi connectivity index (χ2v) is 4.50. The first-order chi connectivity index (χ1) is 10.5. The van der Waals surface area contributed by atoms with Crippen LogP contribution in [0.25, 0.3) is 0 Å². The van der Waals surface area contributed by atoms with E-state index in [1.165, 1.54) is 30.3 Å². The van der Waals surface area contributed by atoms with Crippen molar-refractivity contribution in [2.45, 2.75) is 19.6 Å². The molecular formula is C14H14F2N2O4. The third-order valence-electron chi connectivity index (χ3n) is 2.78. The quantitative estimate of drug-likeness (QED) is 0.853. The Labute approximate surface area is 124 Å². The van der Waals surface area contributed by atoms with Crippen LogP contribution in [0.1, 0.15) is 27.9 Å². The summed E-state index contributed by atoms with van der Waals surface area (Å²) in [7, 11) is 0. The zero-order valence-corrected chi connectivity index (χ0v) is 11.6. The molecule has 1 heterocycles. The van der Waals surface area contributed by atoms with Gasteiger partial charge >= 0.3 is 6.61 Å². The van der Waals surface area contributed by atoms with Crippen LogP contribution in [0.5, 0.6) is 5.75 Å². The molecule has 0 radical (unpaired) electrons. The highest BCUT2D eigenvalue weighted by Gasteiger charge is 2.14. The highest BCUT2D eigenvalue weighted by molar-refractivity contribution is 5.92. The van der Waals surface area contributed by atoms with E-state index in [1.807, 2.05) is 0 Å². The summed E-state index contributed by atoms with van der Waals surface area (Å²) in [5, 5.41) is 16.0. The minimum Gasteiger partial charge on any atom is -0.435 e. The lowest BCUT2D eigenvalue weighted by Gasteiger charge is -2.13. The molecule has 8 heteroatoms. The molecule has 0 aliphatic carbocycles. The molecule has 22 heavy (non-hydrogen) atoms. The molecule has 0 aliphatic rings. The van der Waals surface area contributed by atoms with Gasteiger partial charge in [0.2, 0.25) is 0 Å². The zero-order valence-electron chi connectivity index (χ0n) is 11.6. The lowest BCUT2D eigenvalue weighted by molar-refractivity contribution is -0.0499. The Morgan fingerprint density at radius 3 is 2.86 bits per heavy atom. The van der Waals surface area contributed by atoms with Crippen molar-refractivity contribution in [3.63, 3.8) is 0 Å². The van der Waals surface area contributed by atoms with Crippen LogP contribution in [0.2, 0.25) is 0 Å². The van der Waals surface area contributed by atoms with Crippen molar-refractivity contribution in [2.75, 3.05) is 6.54 Å². The molecule has 2 rings (SSSR count). The average molecular weight is 312 g/mol. The summed E-state index contributed by atoms with van der Waals surface area (Å²) in [5.41, 5.74) is 0.439. The van der Waals surface area contributed by atoms with Gasteiger partial charge in [0.15, 0.2) is 5.69 Å². The number of rotatable bonds is 6. The normalized spacial score (nSPS) is 12.2. The van der Waals surface area contributed by atoms with E-state index >= 15 is 0 Å². The monoisotopic (exact) mass is 312 g/mol. The van der Waals surface area contributed by atoms with Crippen LogP contribution in [0.4, 0.5) is 8.78 Å². The summed E-state index contributed by atoms with van der Waals surface area (Å²) in [6, 6.07) is 7.09. The van der Waals surface area contributed by atoms with Crippen molar-refractivity contribution >= 4 is 5.91 Å². The Morgan fingerprint density at radius 1 is 1.45 bits per heavy atom.